The van der Waals surface area contributed by atoms with E-state index in [-0.39, 0.29) is 17.4 Å². The van der Waals surface area contributed by atoms with E-state index in [0.717, 1.165) is 42.2 Å². The van der Waals surface area contributed by atoms with Crippen LogP contribution in [-0.4, -0.2) is 22.5 Å². The third kappa shape index (κ3) is 2.93. The van der Waals surface area contributed by atoms with Crippen molar-refractivity contribution in [1.29, 1.82) is 0 Å². The highest BCUT2D eigenvalue weighted by molar-refractivity contribution is 8.15. The minimum Gasteiger partial charge on any atom is -0.330 e. The van der Waals surface area contributed by atoms with Crippen LogP contribution >= 0.6 is 11.8 Å². The van der Waals surface area contributed by atoms with Gasteiger partial charge in [0, 0.05) is 12.5 Å². The van der Waals surface area contributed by atoms with Crippen LogP contribution in [0, 0.1) is 17.6 Å². The summed E-state index contributed by atoms with van der Waals surface area (Å²) in [6.45, 7) is 1.93. The number of benzene rings is 2. The Morgan fingerprint density at radius 2 is 2.11 bits per heavy atom. The van der Waals surface area contributed by atoms with E-state index in [9.17, 15) is 13.6 Å². The molecular formula is C21H21F2N3OS. The number of nitrogens with two attached hydrogens (primary N) is 1. The van der Waals surface area contributed by atoms with Gasteiger partial charge in [-0.05, 0) is 61.1 Å². The molecule has 4 rings (SSSR count). The van der Waals surface area contributed by atoms with Crippen molar-refractivity contribution in [3.63, 3.8) is 0 Å². The maximum Gasteiger partial charge on any atom is 0.241 e. The van der Waals surface area contributed by atoms with Crippen molar-refractivity contribution in [3.8, 4) is 0 Å². The molecule has 1 aliphatic carbocycles. The van der Waals surface area contributed by atoms with Crippen molar-refractivity contribution in [2.24, 2.45) is 16.8 Å². The van der Waals surface area contributed by atoms with Gasteiger partial charge in [0.2, 0.25) is 5.91 Å². The fraction of sp³-hybridized carbons (Fsp3) is 0.333. The van der Waals surface area contributed by atoms with E-state index in [1.807, 2.05) is 18.2 Å². The summed E-state index contributed by atoms with van der Waals surface area (Å²) in [4.78, 5) is 11.8. The second kappa shape index (κ2) is 7.29. The fourth-order valence-corrected chi connectivity index (χ4v) is 5.90. The van der Waals surface area contributed by atoms with E-state index in [2.05, 4.69) is 11.2 Å². The van der Waals surface area contributed by atoms with Gasteiger partial charge >= 0.3 is 0 Å². The van der Waals surface area contributed by atoms with Gasteiger partial charge in [-0.25, -0.2) is 13.8 Å². The highest BCUT2D eigenvalue weighted by Crippen LogP contribution is 2.57. The van der Waals surface area contributed by atoms with E-state index < -0.39 is 16.5 Å². The number of fused-ring (bicyclic) bond motifs is 2. The van der Waals surface area contributed by atoms with Gasteiger partial charge in [-0.3, -0.25) is 4.79 Å². The van der Waals surface area contributed by atoms with E-state index in [4.69, 9.17) is 5.73 Å². The molecule has 1 amide bonds. The van der Waals surface area contributed by atoms with Gasteiger partial charge in [-0.1, -0.05) is 36.0 Å². The number of carbonyl (C=O) groups is 1. The lowest BCUT2D eigenvalue weighted by Crippen LogP contribution is -2.49. The Hall–Kier alpha value is -2.25. The van der Waals surface area contributed by atoms with Gasteiger partial charge in [-0.15, -0.1) is 0 Å². The molecule has 0 saturated heterocycles. The molecule has 0 radical (unpaired) electrons. The van der Waals surface area contributed by atoms with Crippen molar-refractivity contribution in [3.05, 3.63) is 70.8 Å². The molecule has 1 aliphatic heterocycles. The lowest BCUT2D eigenvalue weighted by molar-refractivity contribution is -0.134. The maximum absolute atomic E-state index is 14.5. The van der Waals surface area contributed by atoms with Crippen molar-refractivity contribution >= 4 is 22.7 Å². The third-order valence-corrected chi connectivity index (χ3v) is 6.98. The summed E-state index contributed by atoms with van der Waals surface area (Å²) in [5.41, 5.74) is 8.09. The van der Waals surface area contributed by atoms with Crippen molar-refractivity contribution in [2.75, 3.05) is 6.54 Å². The number of hydrogen-bond donors (Lipinski definition) is 1. The van der Waals surface area contributed by atoms with Crippen LogP contribution in [-0.2, 0) is 16.1 Å². The Bertz CT molecular complexity index is 964. The van der Waals surface area contributed by atoms with Crippen LogP contribution in [0.4, 0.5) is 8.78 Å². The second-order valence-corrected chi connectivity index (χ2v) is 8.34. The summed E-state index contributed by atoms with van der Waals surface area (Å²) in [7, 11) is 0. The minimum absolute atomic E-state index is 0.0548. The Balaban J connectivity index is 1.89. The molecule has 0 fully saturated rings. The zero-order chi connectivity index (χ0) is 19.9. The predicted molar refractivity (Wildman–Crippen MR) is 107 cm³/mol. The summed E-state index contributed by atoms with van der Waals surface area (Å²) in [6, 6.07) is 11.3. The van der Waals surface area contributed by atoms with Crippen molar-refractivity contribution < 1.29 is 13.6 Å². The molecule has 0 unspecified atom stereocenters. The molecule has 2 N–H and O–H groups in total. The van der Waals surface area contributed by atoms with E-state index >= 15 is 0 Å². The van der Waals surface area contributed by atoms with Crippen LogP contribution in [0.2, 0.25) is 0 Å². The Kier molecular flexibility index (Phi) is 4.97. The first-order valence-electron chi connectivity index (χ1n) is 9.29. The predicted octanol–water partition coefficient (Wildman–Crippen LogP) is 3.99. The highest BCUT2D eigenvalue weighted by Gasteiger charge is 2.55. The molecule has 2 aromatic rings. The molecule has 0 saturated carbocycles. The number of thioether (sulfide) groups is 1. The number of nitrogens with zero attached hydrogens (tertiary/aromatic N) is 2. The van der Waals surface area contributed by atoms with Gasteiger partial charge in [0.15, 0.2) is 0 Å². The first kappa shape index (κ1) is 19.1. The number of carbonyl (C=O) groups excluding carboxylic acids is 1. The van der Waals surface area contributed by atoms with Crippen LogP contribution in [0.15, 0.2) is 47.6 Å². The first-order valence-corrected chi connectivity index (χ1v) is 10.1. The van der Waals surface area contributed by atoms with Crippen LogP contribution < -0.4 is 5.73 Å². The average Bonchev–Trinajstić information content (AvgIpc) is 3.08. The Labute approximate surface area is 166 Å². The molecule has 28 heavy (non-hydrogen) atoms. The molecule has 4 nitrogen and oxygen atoms in total. The summed E-state index contributed by atoms with van der Waals surface area (Å²) in [5.74, 6) is -1.29. The lowest BCUT2D eigenvalue weighted by Gasteiger charge is -2.45. The molecule has 2 aromatic carbocycles. The summed E-state index contributed by atoms with van der Waals surface area (Å²) in [5, 5.41) is 6.25. The quantitative estimate of drug-likeness (QED) is 0.846. The summed E-state index contributed by atoms with van der Waals surface area (Å²) < 4.78 is 28.3. The largest absolute Gasteiger partial charge is 0.330 e. The second-order valence-electron chi connectivity index (χ2n) is 7.13. The van der Waals surface area contributed by atoms with E-state index in [0.29, 0.717) is 18.0 Å². The van der Waals surface area contributed by atoms with Gasteiger partial charge in [-0.2, -0.15) is 5.10 Å². The third-order valence-electron chi connectivity index (χ3n) is 5.45. The lowest BCUT2D eigenvalue weighted by atomic mass is 9.77. The molecule has 7 heteroatoms. The first-order chi connectivity index (χ1) is 13.5. The van der Waals surface area contributed by atoms with Crippen molar-refractivity contribution in [2.45, 2.75) is 31.1 Å². The molecule has 146 valence electrons. The smallest absolute Gasteiger partial charge is 0.241 e. The minimum atomic E-state index is -0.797. The molecule has 1 spiro atoms. The Morgan fingerprint density at radius 1 is 1.32 bits per heavy atom. The summed E-state index contributed by atoms with van der Waals surface area (Å²) >= 11 is 1.33. The maximum atomic E-state index is 14.5. The SMILES string of the molecule is CC(=O)N1N=C(c2cc(F)ccc2F)S[C@@]12c1ccccc1CC[C@H]2CCN. The van der Waals surface area contributed by atoms with Gasteiger partial charge < -0.3 is 5.73 Å². The van der Waals surface area contributed by atoms with Crippen LogP contribution in [0.5, 0.6) is 0 Å². The molecular weight excluding hydrogens is 380 g/mol. The van der Waals surface area contributed by atoms with E-state index in [1.54, 1.807) is 0 Å². The topological polar surface area (TPSA) is 58.7 Å². The number of aryl methyl sites for hydroxylation is 1. The monoisotopic (exact) mass is 401 g/mol. The molecule has 0 bridgehead atoms. The molecule has 2 atom stereocenters. The number of halogens is 2. The standard InChI is InChI=1S/C21H21F2N3OS/c1-13(27)26-21(28-20(25-26)17-12-16(22)8-9-19(17)23)15(10-11-24)7-6-14-4-2-3-5-18(14)21/h2-5,8-9,12,15H,6-7,10-11,24H2,1H3/t15-,21-/m0/s1. The number of hydrogen-bond acceptors (Lipinski definition) is 4. The van der Waals surface area contributed by atoms with Crippen LogP contribution in [0.1, 0.15) is 36.5 Å². The normalized spacial score (nSPS) is 23.6. The van der Waals surface area contributed by atoms with Gasteiger partial charge in [0.05, 0.1) is 0 Å². The Morgan fingerprint density at radius 3 is 2.86 bits per heavy atom. The highest BCUT2D eigenvalue weighted by atomic mass is 32.2. The van der Waals surface area contributed by atoms with Crippen molar-refractivity contribution in [1.82, 2.24) is 5.01 Å². The van der Waals surface area contributed by atoms with Crippen LogP contribution in [0.3, 0.4) is 0 Å². The van der Waals surface area contributed by atoms with Crippen LogP contribution in [0.25, 0.3) is 0 Å². The van der Waals surface area contributed by atoms with Gasteiger partial charge in [0.25, 0.3) is 0 Å². The molecule has 0 aromatic heterocycles. The number of hydrazone groups is 1. The average molecular weight is 401 g/mol. The van der Waals surface area contributed by atoms with Gasteiger partial charge in [0.1, 0.15) is 21.5 Å². The fourth-order valence-electron chi connectivity index (χ4n) is 4.25. The van der Waals surface area contributed by atoms with E-state index in [1.165, 1.54) is 23.7 Å². The number of rotatable bonds is 3. The zero-order valence-electron chi connectivity index (χ0n) is 15.5. The number of amides is 1. The zero-order valence-corrected chi connectivity index (χ0v) is 16.3. The molecule has 1 heterocycles. The summed E-state index contributed by atoms with van der Waals surface area (Å²) in [6.07, 6.45) is 2.44. The molecule has 2 aliphatic rings.